The molecule has 0 spiro atoms. The topological polar surface area (TPSA) is 78.0 Å². The summed E-state index contributed by atoms with van der Waals surface area (Å²) in [4.78, 5) is 4.18. The molecule has 8 heteroatoms. The Labute approximate surface area is 165 Å². The number of rotatable bonds is 6. The van der Waals surface area contributed by atoms with E-state index in [2.05, 4.69) is 4.98 Å². The van der Waals surface area contributed by atoms with Gasteiger partial charge in [0.15, 0.2) is 0 Å². The van der Waals surface area contributed by atoms with Crippen LogP contribution < -0.4 is 14.2 Å². The first-order valence-electron chi connectivity index (χ1n) is 9.35. The second-order valence-corrected chi connectivity index (χ2v) is 8.94. The highest BCUT2D eigenvalue weighted by Gasteiger charge is 2.48. The van der Waals surface area contributed by atoms with Crippen LogP contribution in [0.1, 0.15) is 25.7 Å². The highest BCUT2D eigenvalue weighted by atomic mass is 32.2. The van der Waals surface area contributed by atoms with Gasteiger partial charge in [-0.25, -0.2) is 8.42 Å². The molecule has 28 heavy (non-hydrogen) atoms. The van der Waals surface area contributed by atoms with Crippen molar-refractivity contribution in [1.29, 1.82) is 0 Å². The first kappa shape index (κ1) is 19.0. The molecule has 0 aliphatic carbocycles. The van der Waals surface area contributed by atoms with E-state index < -0.39 is 10.0 Å². The molecule has 2 bridgehead atoms. The molecule has 1 aromatic heterocycles. The van der Waals surface area contributed by atoms with Gasteiger partial charge >= 0.3 is 0 Å². The SMILES string of the molecule is COc1ccc(S(=O)(=O)N2C3CCC2CC(Oc2ccncc2)C3)c(OC)c1. The smallest absolute Gasteiger partial charge is 0.247 e. The molecular formula is C20H24N2O5S. The molecule has 3 heterocycles. The van der Waals surface area contributed by atoms with Crippen LogP contribution in [-0.4, -0.2) is 50.1 Å². The third kappa shape index (κ3) is 3.42. The highest BCUT2D eigenvalue weighted by molar-refractivity contribution is 7.89. The van der Waals surface area contributed by atoms with E-state index in [0.717, 1.165) is 18.6 Å². The molecule has 2 aliphatic rings. The first-order valence-corrected chi connectivity index (χ1v) is 10.8. The van der Waals surface area contributed by atoms with Crippen LogP contribution >= 0.6 is 0 Å². The zero-order valence-corrected chi connectivity index (χ0v) is 16.8. The Kier molecular flexibility index (Phi) is 5.16. The van der Waals surface area contributed by atoms with Crippen LogP contribution in [-0.2, 0) is 10.0 Å². The number of hydrogen-bond donors (Lipinski definition) is 0. The Morgan fingerprint density at radius 1 is 0.964 bits per heavy atom. The van der Waals surface area contributed by atoms with Gasteiger partial charge in [0.05, 0.1) is 14.2 Å². The van der Waals surface area contributed by atoms with Crippen molar-refractivity contribution in [2.24, 2.45) is 0 Å². The fourth-order valence-corrected chi connectivity index (χ4v) is 6.32. The number of benzene rings is 1. The van der Waals surface area contributed by atoms with Gasteiger partial charge in [-0.05, 0) is 37.1 Å². The van der Waals surface area contributed by atoms with Crippen LogP contribution in [0, 0.1) is 0 Å². The average Bonchev–Trinajstić information content (AvgIpc) is 3.00. The van der Waals surface area contributed by atoms with Gasteiger partial charge in [-0.15, -0.1) is 0 Å². The van der Waals surface area contributed by atoms with E-state index >= 15 is 0 Å². The predicted octanol–water partition coefficient (Wildman–Crippen LogP) is 2.86. The average molecular weight is 404 g/mol. The Bertz CT molecular complexity index is 921. The largest absolute Gasteiger partial charge is 0.497 e. The molecule has 4 rings (SSSR count). The number of nitrogens with zero attached hydrogens (tertiary/aromatic N) is 2. The van der Waals surface area contributed by atoms with Gasteiger partial charge in [0.1, 0.15) is 28.2 Å². The van der Waals surface area contributed by atoms with Crippen molar-refractivity contribution < 1.29 is 22.6 Å². The molecule has 2 aromatic rings. The van der Waals surface area contributed by atoms with E-state index in [1.165, 1.54) is 14.2 Å². The second kappa shape index (κ2) is 7.60. The predicted molar refractivity (Wildman–Crippen MR) is 103 cm³/mol. The lowest BCUT2D eigenvalue weighted by Crippen LogP contribution is -2.49. The van der Waals surface area contributed by atoms with Crippen LogP contribution in [0.2, 0.25) is 0 Å². The van der Waals surface area contributed by atoms with Crippen LogP contribution in [0.25, 0.3) is 0 Å². The van der Waals surface area contributed by atoms with E-state index in [1.54, 1.807) is 34.9 Å². The minimum Gasteiger partial charge on any atom is -0.497 e. The molecule has 0 radical (unpaired) electrons. The molecule has 0 saturated carbocycles. The molecule has 2 atom stereocenters. The molecule has 0 N–H and O–H groups in total. The zero-order chi connectivity index (χ0) is 19.7. The number of aromatic nitrogens is 1. The van der Waals surface area contributed by atoms with Gasteiger partial charge < -0.3 is 14.2 Å². The molecule has 2 saturated heterocycles. The van der Waals surface area contributed by atoms with Gasteiger partial charge in [0.25, 0.3) is 0 Å². The van der Waals surface area contributed by atoms with Crippen LogP contribution in [0.15, 0.2) is 47.6 Å². The number of ether oxygens (including phenoxy) is 3. The van der Waals surface area contributed by atoms with E-state index in [-0.39, 0.29) is 23.1 Å². The number of piperidine rings is 1. The Hall–Kier alpha value is -2.32. The molecule has 7 nitrogen and oxygen atoms in total. The standard InChI is InChI=1S/C20H24N2O5S/c1-25-17-5-6-20(19(13-17)26-2)28(23,24)22-14-3-4-15(22)12-18(11-14)27-16-7-9-21-10-8-16/h5-10,13-15,18H,3-4,11-12H2,1-2H3. The van der Waals surface area contributed by atoms with Gasteiger partial charge in [-0.2, -0.15) is 4.31 Å². The minimum absolute atomic E-state index is 0.00381. The van der Waals surface area contributed by atoms with Crippen molar-refractivity contribution in [3.63, 3.8) is 0 Å². The summed E-state index contributed by atoms with van der Waals surface area (Å²) < 4.78 is 45.2. The Balaban J connectivity index is 1.57. The van der Waals surface area contributed by atoms with E-state index in [4.69, 9.17) is 14.2 Å². The van der Waals surface area contributed by atoms with Crippen molar-refractivity contribution in [3.8, 4) is 17.2 Å². The van der Waals surface area contributed by atoms with Crippen LogP contribution in [0.3, 0.4) is 0 Å². The summed E-state index contributed by atoms with van der Waals surface area (Å²) in [7, 11) is -0.667. The van der Waals surface area contributed by atoms with Crippen molar-refractivity contribution >= 4 is 10.0 Å². The molecule has 2 fully saturated rings. The van der Waals surface area contributed by atoms with Gasteiger partial charge in [-0.3, -0.25) is 4.98 Å². The lowest BCUT2D eigenvalue weighted by molar-refractivity contribution is 0.0955. The normalized spacial score (nSPS) is 24.7. The Morgan fingerprint density at radius 3 is 2.25 bits per heavy atom. The number of fused-ring (bicyclic) bond motifs is 2. The maximum atomic E-state index is 13.4. The van der Waals surface area contributed by atoms with Crippen molar-refractivity contribution in [2.75, 3.05) is 14.2 Å². The fraction of sp³-hybridized carbons (Fsp3) is 0.450. The van der Waals surface area contributed by atoms with Crippen molar-refractivity contribution in [1.82, 2.24) is 9.29 Å². The summed E-state index contributed by atoms with van der Waals surface area (Å²) in [6, 6.07) is 8.33. The molecule has 2 unspecified atom stereocenters. The summed E-state index contributed by atoms with van der Waals surface area (Å²) >= 11 is 0. The number of pyridine rings is 1. The molecule has 2 aliphatic heterocycles. The third-order valence-corrected chi connectivity index (χ3v) is 7.55. The van der Waals surface area contributed by atoms with E-state index in [0.29, 0.717) is 24.3 Å². The summed E-state index contributed by atoms with van der Waals surface area (Å²) in [5.41, 5.74) is 0. The highest BCUT2D eigenvalue weighted by Crippen LogP contribution is 2.42. The number of sulfonamides is 1. The lowest BCUT2D eigenvalue weighted by Gasteiger charge is -2.38. The van der Waals surface area contributed by atoms with Crippen molar-refractivity contribution in [3.05, 3.63) is 42.7 Å². The molecule has 150 valence electrons. The summed E-state index contributed by atoms with van der Waals surface area (Å²) in [6.07, 6.45) is 6.44. The minimum atomic E-state index is -3.67. The lowest BCUT2D eigenvalue weighted by atomic mass is 10.0. The maximum Gasteiger partial charge on any atom is 0.247 e. The summed E-state index contributed by atoms with van der Waals surface area (Å²) in [6.45, 7) is 0. The number of methoxy groups -OCH3 is 2. The zero-order valence-electron chi connectivity index (χ0n) is 15.9. The first-order chi connectivity index (χ1) is 13.5. The van der Waals surface area contributed by atoms with E-state index in [9.17, 15) is 8.42 Å². The van der Waals surface area contributed by atoms with Crippen LogP contribution in [0.4, 0.5) is 0 Å². The molecule has 0 amide bonds. The van der Waals surface area contributed by atoms with E-state index in [1.807, 2.05) is 12.1 Å². The molecular weight excluding hydrogens is 380 g/mol. The third-order valence-electron chi connectivity index (χ3n) is 5.50. The number of hydrogen-bond acceptors (Lipinski definition) is 6. The summed E-state index contributed by atoms with van der Waals surface area (Å²) in [5, 5.41) is 0. The van der Waals surface area contributed by atoms with Gasteiger partial charge in [0.2, 0.25) is 10.0 Å². The monoisotopic (exact) mass is 404 g/mol. The van der Waals surface area contributed by atoms with Crippen LogP contribution in [0.5, 0.6) is 17.2 Å². The van der Waals surface area contributed by atoms with Gasteiger partial charge in [-0.1, -0.05) is 0 Å². The quantitative estimate of drug-likeness (QED) is 0.737. The molecule has 1 aromatic carbocycles. The summed E-state index contributed by atoms with van der Waals surface area (Å²) in [5.74, 6) is 1.63. The van der Waals surface area contributed by atoms with Crippen molar-refractivity contribution in [2.45, 2.75) is 48.8 Å². The van der Waals surface area contributed by atoms with Gasteiger partial charge in [0, 0.05) is 43.4 Å². The Morgan fingerprint density at radius 2 is 1.64 bits per heavy atom. The second-order valence-electron chi connectivity index (χ2n) is 7.13. The maximum absolute atomic E-state index is 13.4. The fourth-order valence-electron chi connectivity index (χ4n) is 4.28.